The van der Waals surface area contributed by atoms with Gasteiger partial charge in [0.1, 0.15) is 0 Å². The molecule has 7 rings (SSSR count). The average molecular weight is 839 g/mol. The van der Waals surface area contributed by atoms with Crippen molar-refractivity contribution in [1.82, 2.24) is 0 Å². The van der Waals surface area contributed by atoms with Gasteiger partial charge in [-0.2, -0.15) is 11.6 Å². The van der Waals surface area contributed by atoms with Crippen molar-refractivity contribution in [3.63, 3.8) is 0 Å². The number of rotatable bonds is 2. The Kier molecular flexibility index (Phi) is 14.0. The Hall–Kier alpha value is -2.18. The summed E-state index contributed by atoms with van der Waals surface area (Å²) in [7, 11) is 0. The van der Waals surface area contributed by atoms with Crippen LogP contribution in [0.25, 0.3) is 32.7 Å². The number of benzene rings is 3. The van der Waals surface area contributed by atoms with Gasteiger partial charge in [0.25, 0.3) is 0 Å². The number of aryl methyl sites for hydroxylation is 1. The molecule has 1 atom stereocenters. The molecule has 0 bridgehead atoms. The van der Waals surface area contributed by atoms with Crippen molar-refractivity contribution >= 4 is 35.9 Å². The molecule has 0 aliphatic heterocycles. The first-order valence-electron chi connectivity index (χ1n) is 19.5. The van der Waals surface area contributed by atoms with Gasteiger partial charge in [-0.05, 0) is 33.1 Å². The fourth-order valence-corrected chi connectivity index (χ4v) is 8.32. The summed E-state index contributed by atoms with van der Waals surface area (Å²) in [6, 6.07) is 21.0. The van der Waals surface area contributed by atoms with E-state index in [4.69, 9.17) is 0 Å². The zero-order valence-corrected chi connectivity index (χ0v) is 40.0. The standard InChI is InChI=1S/C31H37.C11H17.C9H10.2ClH.Zr/c1-28(2,3)26-16-30(7,8)24-12-18-11-19-13-25-23(15-21(19)20(18)14-22(24)26)27(29(4,5)6)17-31(25,9)10;1-5-9-6-7-10(8-9)11(2,3)4;1-3-9-6-4-8(2)5-7-9;;;/h11-17H,1-10H3;7-9H,5H2,1-4H3;4-7H,1-2H3;2*1H;/q2*-1;;;;+2/p-2. The smallest absolute Gasteiger partial charge is 1.00 e. The van der Waals surface area contributed by atoms with Gasteiger partial charge in [-0.3, -0.25) is 6.08 Å². The summed E-state index contributed by atoms with van der Waals surface area (Å²) in [6.07, 6.45) is 14.0. The van der Waals surface area contributed by atoms with Crippen LogP contribution in [0.3, 0.4) is 0 Å². The summed E-state index contributed by atoms with van der Waals surface area (Å²) >= 11 is 1.51. The Morgan fingerprint density at radius 2 is 1.13 bits per heavy atom. The van der Waals surface area contributed by atoms with Crippen molar-refractivity contribution in [2.45, 2.75) is 128 Å². The van der Waals surface area contributed by atoms with Gasteiger partial charge in [0.05, 0.1) is 0 Å². The summed E-state index contributed by atoms with van der Waals surface area (Å²) in [6.45, 7) is 36.7. The fourth-order valence-electron chi connectivity index (χ4n) is 7.91. The van der Waals surface area contributed by atoms with E-state index in [2.05, 4.69) is 196 Å². The molecule has 0 spiro atoms. The molecule has 0 saturated carbocycles. The minimum atomic E-state index is 0. The third-order valence-electron chi connectivity index (χ3n) is 11.2. The molecule has 0 nitrogen and oxygen atoms in total. The monoisotopic (exact) mass is 836 g/mol. The van der Waals surface area contributed by atoms with Crippen molar-refractivity contribution in [2.75, 3.05) is 0 Å². The summed E-state index contributed by atoms with van der Waals surface area (Å²) in [4.78, 5) is 0. The fraction of sp³-hybridized carbons (Fsp3) is 0.451. The summed E-state index contributed by atoms with van der Waals surface area (Å²) in [5.41, 5.74) is 13.7. The minimum Gasteiger partial charge on any atom is -1.00 e. The summed E-state index contributed by atoms with van der Waals surface area (Å²) in [5.74, 6) is 0.573. The van der Waals surface area contributed by atoms with E-state index in [1.807, 2.05) is 0 Å². The second kappa shape index (κ2) is 16.4. The molecule has 0 aromatic heterocycles. The van der Waals surface area contributed by atoms with Crippen LogP contribution in [0.1, 0.15) is 144 Å². The molecule has 0 amide bonds. The Bertz CT molecular complexity index is 2030. The largest absolute Gasteiger partial charge is 1.00 e. The van der Waals surface area contributed by atoms with Gasteiger partial charge in [-0.1, -0.05) is 150 Å². The summed E-state index contributed by atoms with van der Waals surface area (Å²) in [5, 5.41) is 5.58. The van der Waals surface area contributed by atoms with Crippen LogP contribution in [0.2, 0.25) is 0 Å². The Balaban J connectivity index is 0.000000281. The van der Waals surface area contributed by atoms with Crippen LogP contribution in [0, 0.1) is 35.2 Å². The first kappa shape index (κ1) is 46.2. The molecule has 3 aliphatic rings. The molecular weight excluding hydrogens is 775 g/mol. The number of allylic oxidation sites excluding steroid dienone is 8. The third kappa shape index (κ3) is 9.67. The van der Waals surface area contributed by atoms with Gasteiger partial charge in [0.2, 0.25) is 0 Å². The van der Waals surface area contributed by atoms with E-state index in [-0.39, 0.29) is 46.5 Å². The molecule has 0 heterocycles. The van der Waals surface area contributed by atoms with E-state index >= 15 is 0 Å². The van der Waals surface area contributed by atoms with Crippen molar-refractivity contribution < 1.29 is 49.0 Å². The predicted molar refractivity (Wildman–Crippen MR) is 228 cm³/mol. The SMILES string of the molecule is CC(C)(C)C1=CC(C)(C)c2cc3[cH-]c4cc5c(cc4c3cc21)C(C(C)(C)C)=CC5(C)C.CCC1[C-]=CC(C(C)(C)C)=C1.C[C](=[Zr+2])c1ccc(C)cc1.[Cl-].[Cl-]. The Morgan fingerprint density at radius 1 is 0.704 bits per heavy atom. The molecule has 3 aliphatic carbocycles. The number of hydrogen-bond donors (Lipinski definition) is 0. The maximum Gasteiger partial charge on any atom is -1.00 e. The van der Waals surface area contributed by atoms with Crippen molar-refractivity contribution in [3.05, 3.63) is 124 Å². The average Bonchev–Trinajstić information content (AvgIpc) is 3.77. The van der Waals surface area contributed by atoms with E-state index in [0.29, 0.717) is 11.3 Å². The van der Waals surface area contributed by atoms with E-state index < -0.39 is 0 Å². The van der Waals surface area contributed by atoms with Crippen molar-refractivity contribution in [3.8, 4) is 0 Å². The molecule has 54 heavy (non-hydrogen) atoms. The number of halogens is 2. The second-order valence-electron chi connectivity index (χ2n) is 19.9. The van der Waals surface area contributed by atoms with Gasteiger partial charge in [-0.15, -0.1) is 39.7 Å². The van der Waals surface area contributed by atoms with Gasteiger partial charge in [-0.25, -0.2) is 6.08 Å². The van der Waals surface area contributed by atoms with Gasteiger partial charge in [0, 0.05) is 10.8 Å². The van der Waals surface area contributed by atoms with Crippen LogP contribution in [-0.2, 0) is 35.1 Å². The molecule has 0 radical (unpaired) electrons. The van der Waals surface area contributed by atoms with E-state index in [9.17, 15) is 0 Å². The predicted octanol–water partition coefficient (Wildman–Crippen LogP) is 8.60. The number of hydrogen-bond acceptors (Lipinski definition) is 0. The molecule has 0 saturated heterocycles. The van der Waals surface area contributed by atoms with E-state index in [1.165, 1.54) is 106 Å². The Labute approximate surface area is 356 Å². The van der Waals surface area contributed by atoms with Crippen LogP contribution in [0.4, 0.5) is 0 Å². The quantitative estimate of drug-likeness (QED) is 0.178. The van der Waals surface area contributed by atoms with Gasteiger partial charge in [0.15, 0.2) is 0 Å². The molecule has 1 unspecified atom stereocenters. The molecule has 0 fully saturated rings. The van der Waals surface area contributed by atoms with Crippen LogP contribution in [0.15, 0.2) is 84.5 Å². The second-order valence-corrected chi connectivity index (χ2v) is 21.7. The summed E-state index contributed by atoms with van der Waals surface area (Å²) < 4.78 is 1.46. The minimum absolute atomic E-state index is 0. The first-order chi connectivity index (χ1) is 23.8. The van der Waals surface area contributed by atoms with Gasteiger partial charge < -0.3 is 24.8 Å². The molecular formula is C51H64Cl2Zr-2. The van der Waals surface area contributed by atoms with E-state index in [1.54, 1.807) is 0 Å². The molecule has 0 N–H and O–H groups in total. The topological polar surface area (TPSA) is 0 Å². The van der Waals surface area contributed by atoms with Crippen LogP contribution < -0.4 is 24.8 Å². The van der Waals surface area contributed by atoms with E-state index in [0.717, 1.165) is 0 Å². The zero-order chi connectivity index (χ0) is 38.8. The third-order valence-corrected chi connectivity index (χ3v) is 11.9. The molecule has 4 aromatic rings. The van der Waals surface area contributed by atoms with Crippen LogP contribution in [0.5, 0.6) is 0 Å². The molecule has 3 heteroatoms. The van der Waals surface area contributed by atoms with Crippen LogP contribution in [-0.4, -0.2) is 3.21 Å². The first-order valence-corrected chi connectivity index (χ1v) is 20.7. The van der Waals surface area contributed by atoms with Crippen molar-refractivity contribution in [2.24, 2.45) is 22.2 Å². The molecule has 288 valence electrons. The van der Waals surface area contributed by atoms with Crippen molar-refractivity contribution in [1.29, 1.82) is 0 Å². The van der Waals surface area contributed by atoms with Gasteiger partial charge >= 0.3 is 76.7 Å². The maximum atomic E-state index is 3.35. The zero-order valence-electron chi connectivity index (χ0n) is 36.0. The number of fused-ring (bicyclic) bond motifs is 5. The maximum absolute atomic E-state index is 3.35. The normalized spacial score (nSPS) is 17.9. The molecule has 4 aromatic carbocycles. The van der Waals surface area contributed by atoms with Crippen LogP contribution >= 0.6 is 0 Å². The Morgan fingerprint density at radius 3 is 1.44 bits per heavy atom.